The average molecular weight is 294 g/mol. The Morgan fingerprint density at radius 1 is 1.05 bits per heavy atom. The van der Waals surface area contributed by atoms with Gasteiger partial charge in [-0.2, -0.15) is 0 Å². The lowest BCUT2D eigenvalue weighted by molar-refractivity contribution is 0.716. The van der Waals surface area contributed by atoms with E-state index in [0.717, 1.165) is 15.8 Å². The van der Waals surface area contributed by atoms with Crippen LogP contribution in [0.5, 0.6) is 0 Å². The first-order valence-corrected chi connectivity index (χ1v) is 7.13. The summed E-state index contributed by atoms with van der Waals surface area (Å²) < 4.78 is 1.00. The van der Waals surface area contributed by atoms with Crippen molar-refractivity contribution >= 4 is 27.2 Å². The number of hydrogen-bond donors (Lipinski definition) is 1. The molecular weight excluding hydrogens is 284 g/mol. The molecule has 2 heterocycles. The molecule has 0 fully saturated rings. The molecule has 0 amide bonds. The third kappa shape index (κ3) is 2.13. The minimum atomic E-state index is 0.578. The Bertz CT molecular complexity index is 912. The van der Waals surface area contributed by atoms with Crippen LogP contribution in [0.15, 0.2) is 48.5 Å². The number of tetrazole rings is 1. The smallest absolute Gasteiger partial charge is 0.232 e. The summed E-state index contributed by atoms with van der Waals surface area (Å²) in [6, 6.07) is 15.3. The molecule has 4 aromatic rings. The Morgan fingerprint density at radius 3 is 2.76 bits per heavy atom. The normalized spacial score (nSPS) is 11.0. The van der Waals surface area contributed by atoms with Crippen molar-refractivity contribution in [2.24, 2.45) is 0 Å². The van der Waals surface area contributed by atoms with Crippen molar-refractivity contribution in [3.05, 3.63) is 48.5 Å². The lowest BCUT2D eigenvalue weighted by Gasteiger charge is -1.91. The summed E-state index contributed by atoms with van der Waals surface area (Å²) in [5, 5.41) is 13.2. The topological polar surface area (TPSA) is 82.5 Å². The highest BCUT2D eigenvalue weighted by atomic mass is 32.1. The van der Waals surface area contributed by atoms with Crippen LogP contribution in [0.2, 0.25) is 0 Å². The zero-order valence-corrected chi connectivity index (χ0v) is 11.7. The summed E-state index contributed by atoms with van der Waals surface area (Å²) in [7, 11) is 0. The van der Waals surface area contributed by atoms with Gasteiger partial charge in [0.25, 0.3) is 0 Å². The van der Waals surface area contributed by atoms with Gasteiger partial charge in [-0.15, -0.1) is 15.0 Å². The Hall–Kier alpha value is -2.80. The van der Waals surface area contributed by atoms with E-state index in [2.05, 4.69) is 20.4 Å². The molecule has 7 heteroatoms. The maximum Gasteiger partial charge on any atom is 0.232 e. The van der Waals surface area contributed by atoms with Crippen molar-refractivity contribution in [2.45, 2.75) is 0 Å². The molecule has 0 aliphatic heterocycles. The zero-order chi connectivity index (χ0) is 14.2. The van der Waals surface area contributed by atoms with Crippen molar-refractivity contribution in [3.8, 4) is 16.5 Å². The number of benzene rings is 2. The van der Waals surface area contributed by atoms with Crippen molar-refractivity contribution in [3.63, 3.8) is 0 Å². The van der Waals surface area contributed by atoms with E-state index in [-0.39, 0.29) is 0 Å². The minimum Gasteiger partial charge on any atom is -0.399 e. The Kier molecular flexibility index (Phi) is 2.65. The van der Waals surface area contributed by atoms with Crippen molar-refractivity contribution in [1.82, 2.24) is 25.2 Å². The highest BCUT2D eigenvalue weighted by molar-refractivity contribution is 7.20. The number of thiazole rings is 1. The van der Waals surface area contributed by atoms with Gasteiger partial charge in [-0.3, -0.25) is 0 Å². The van der Waals surface area contributed by atoms with Crippen LogP contribution in [0.1, 0.15) is 0 Å². The second kappa shape index (κ2) is 4.64. The summed E-state index contributed by atoms with van der Waals surface area (Å²) >= 11 is 1.48. The highest BCUT2D eigenvalue weighted by Crippen LogP contribution is 2.26. The molecule has 0 radical (unpaired) electrons. The molecule has 0 aliphatic rings. The SMILES string of the molecule is Nc1ccc2nc(-n3nnc(-c4ccccc4)n3)sc2c1. The second-order valence-corrected chi connectivity index (χ2v) is 5.50. The summed E-state index contributed by atoms with van der Waals surface area (Å²) in [4.78, 5) is 5.94. The largest absolute Gasteiger partial charge is 0.399 e. The van der Waals surface area contributed by atoms with Crippen molar-refractivity contribution < 1.29 is 0 Å². The number of nitrogen functional groups attached to an aromatic ring is 1. The van der Waals surface area contributed by atoms with Crippen LogP contribution in [-0.2, 0) is 0 Å². The first-order chi connectivity index (χ1) is 10.3. The molecule has 2 aromatic heterocycles. The molecular formula is C14H10N6S. The van der Waals surface area contributed by atoms with Gasteiger partial charge >= 0.3 is 0 Å². The van der Waals surface area contributed by atoms with Crippen LogP contribution in [0.3, 0.4) is 0 Å². The van der Waals surface area contributed by atoms with Gasteiger partial charge in [0.15, 0.2) is 0 Å². The van der Waals surface area contributed by atoms with E-state index in [1.807, 2.05) is 48.5 Å². The van der Waals surface area contributed by atoms with Crippen LogP contribution in [-0.4, -0.2) is 25.2 Å². The van der Waals surface area contributed by atoms with Gasteiger partial charge in [0, 0.05) is 11.3 Å². The third-order valence-corrected chi connectivity index (χ3v) is 4.00. The van der Waals surface area contributed by atoms with E-state index >= 15 is 0 Å². The Labute approximate surface area is 123 Å². The molecule has 21 heavy (non-hydrogen) atoms. The maximum absolute atomic E-state index is 5.78. The van der Waals surface area contributed by atoms with E-state index in [4.69, 9.17) is 5.73 Å². The number of nitrogens with two attached hydrogens (primary N) is 1. The average Bonchev–Trinajstić information content (AvgIpc) is 3.14. The fourth-order valence-electron chi connectivity index (χ4n) is 2.01. The number of hydrogen-bond acceptors (Lipinski definition) is 6. The lowest BCUT2D eigenvalue weighted by Crippen LogP contribution is -1.97. The summed E-state index contributed by atoms with van der Waals surface area (Å²) in [5.41, 5.74) is 8.30. The van der Waals surface area contributed by atoms with E-state index in [9.17, 15) is 0 Å². The first-order valence-electron chi connectivity index (χ1n) is 6.31. The fraction of sp³-hybridized carbons (Fsp3) is 0. The molecule has 2 aromatic carbocycles. The first kappa shape index (κ1) is 12.0. The highest BCUT2D eigenvalue weighted by Gasteiger charge is 2.11. The fourth-order valence-corrected chi connectivity index (χ4v) is 2.93. The zero-order valence-electron chi connectivity index (χ0n) is 10.8. The van der Waals surface area contributed by atoms with Crippen LogP contribution in [0.4, 0.5) is 5.69 Å². The number of nitrogens with zero attached hydrogens (tertiary/aromatic N) is 5. The van der Waals surface area contributed by atoms with Gasteiger partial charge in [-0.05, 0) is 23.4 Å². The van der Waals surface area contributed by atoms with Crippen LogP contribution < -0.4 is 5.73 Å². The van der Waals surface area contributed by atoms with Gasteiger partial charge in [0.1, 0.15) is 0 Å². The van der Waals surface area contributed by atoms with Crippen LogP contribution in [0, 0.1) is 0 Å². The number of rotatable bonds is 2. The van der Waals surface area contributed by atoms with E-state index in [0.29, 0.717) is 16.6 Å². The van der Waals surface area contributed by atoms with E-state index < -0.39 is 0 Å². The van der Waals surface area contributed by atoms with Crippen LogP contribution >= 0.6 is 11.3 Å². The predicted octanol–water partition coefficient (Wildman–Crippen LogP) is 2.52. The Balaban J connectivity index is 1.77. The van der Waals surface area contributed by atoms with Gasteiger partial charge in [0.2, 0.25) is 11.0 Å². The molecule has 0 saturated heterocycles. The number of anilines is 1. The molecule has 4 rings (SSSR count). The second-order valence-electron chi connectivity index (χ2n) is 4.49. The maximum atomic E-state index is 5.78. The monoisotopic (exact) mass is 294 g/mol. The summed E-state index contributed by atoms with van der Waals surface area (Å²) in [5.74, 6) is 0.578. The quantitative estimate of drug-likeness (QED) is 0.574. The molecule has 102 valence electrons. The lowest BCUT2D eigenvalue weighted by atomic mass is 10.2. The molecule has 0 unspecified atom stereocenters. The van der Waals surface area contributed by atoms with Gasteiger partial charge in [-0.1, -0.05) is 41.7 Å². The Morgan fingerprint density at radius 2 is 1.90 bits per heavy atom. The standard InChI is InChI=1S/C14H10N6S/c15-10-6-7-11-12(8-10)21-14(16-11)20-18-13(17-19-20)9-4-2-1-3-5-9/h1-8H,15H2. The van der Waals surface area contributed by atoms with E-state index in [1.165, 1.54) is 16.1 Å². The summed E-state index contributed by atoms with van der Waals surface area (Å²) in [6.45, 7) is 0. The number of aromatic nitrogens is 5. The minimum absolute atomic E-state index is 0.578. The van der Waals surface area contributed by atoms with Crippen molar-refractivity contribution in [1.29, 1.82) is 0 Å². The molecule has 0 bridgehead atoms. The van der Waals surface area contributed by atoms with Crippen molar-refractivity contribution in [2.75, 3.05) is 5.73 Å². The molecule has 6 nitrogen and oxygen atoms in total. The summed E-state index contributed by atoms with van der Waals surface area (Å²) in [6.07, 6.45) is 0. The van der Waals surface area contributed by atoms with Crippen LogP contribution in [0.25, 0.3) is 26.7 Å². The van der Waals surface area contributed by atoms with E-state index in [1.54, 1.807) is 0 Å². The third-order valence-electron chi connectivity index (χ3n) is 3.02. The molecule has 0 spiro atoms. The molecule has 2 N–H and O–H groups in total. The predicted molar refractivity (Wildman–Crippen MR) is 82.2 cm³/mol. The van der Waals surface area contributed by atoms with Gasteiger partial charge in [0.05, 0.1) is 10.2 Å². The molecule has 0 saturated carbocycles. The van der Waals surface area contributed by atoms with Gasteiger partial charge < -0.3 is 5.73 Å². The van der Waals surface area contributed by atoms with Gasteiger partial charge in [-0.25, -0.2) is 4.98 Å². The molecule has 0 aliphatic carbocycles. The number of fused-ring (bicyclic) bond motifs is 1. The molecule has 0 atom stereocenters.